The number of carbonyl (C=O) groups is 2. The fourth-order valence-electron chi connectivity index (χ4n) is 2.26. The minimum atomic E-state index is -0.582. The number of pyridine rings is 1. The third-order valence-electron chi connectivity index (χ3n) is 3.25. The van der Waals surface area contributed by atoms with Crippen molar-refractivity contribution in [1.82, 2.24) is 9.55 Å². The first kappa shape index (κ1) is 12.3. The molecule has 0 aliphatic carbocycles. The molecule has 0 fully saturated rings. The van der Waals surface area contributed by atoms with Gasteiger partial charge >= 0.3 is 0 Å². The van der Waals surface area contributed by atoms with Crippen molar-refractivity contribution >= 4 is 22.5 Å². The van der Waals surface area contributed by atoms with Gasteiger partial charge in [0.15, 0.2) is 0 Å². The summed E-state index contributed by atoms with van der Waals surface area (Å²) >= 11 is 0. The standard InChI is InChI=1S/C16H12N2O2/c1-18-10-12(11-6-2-3-8-14(11)18)15(19)16(20)13-7-4-5-9-17-13/h2-10H,1H3. The van der Waals surface area contributed by atoms with Crippen LogP contribution in [0.25, 0.3) is 10.9 Å². The van der Waals surface area contributed by atoms with Crippen molar-refractivity contribution in [2.75, 3.05) is 0 Å². The molecule has 98 valence electrons. The summed E-state index contributed by atoms with van der Waals surface area (Å²) in [4.78, 5) is 28.5. The molecule has 0 radical (unpaired) electrons. The molecule has 2 heterocycles. The number of aromatic nitrogens is 2. The minimum Gasteiger partial charge on any atom is -0.350 e. The van der Waals surface area contributed by atoms with Crippen LogP contribution in [0.15, 0.2) is 54.9 Å². The first-order valence-corrected chi connectivity index (χ1v) is 6.22. The number of hydrogen-bond acceptors (Lipinski definition) is 3. The Morgan fingerprint density at radius 1 is 1.00 bits per heavy atom. The van der Waals surface area contributed by atoms with Crippen LogP contribution in [0.1, 0.15) is 20.8 Å². The molecule has 0 bridgehead atoms. The number of carbonyl (C=O) groups excluding carboxylic acids is 2. The van der Waals surface area contributed by atoms with Crippen LogP contribution in [0.5, 0.6) is 0 Å². The zero-order valence-corrected chi connectivity index (χ0v) is 10.9. The highest BCUT2D eigenvalue weighted by Gasteiger charge is 2.22. The Morgan fingerprint density at radius 2 is 1.75 bits per heavy atom. The molecule has 20 heavy (non-hydrogen) atoms. The first-order valence-electron chi connectivity index (χ1n) is 6.22. The summed E-state index contributed by atoms with van der Waals surface area (Å²) in [6.45, 7) is 0. The number of ketones is 2. The van der Waals surface area contributed by atoms with E-state index in [9.17, 15) is 9.59 Å². The molecular weight excluding hydrogens is 252 g/mol. The molecule has 0 unspecified atom stereocenters. The summed E-state index contributed by atoms with van der Waals surface area (Å²) < 4.78 is 1.84. The lowest BCUT2D eigenvalue weighted by molar-refractivity contribution is 0.0815. The maximum absolute atomic E-state index is 12.4. The van der Waals surface area contributed by atoms with E-state index < -0.39 is 11.6 Å². The Hall–Kier alpha value is -2.75. The van der Waals surface area contributed by atoms with E-state index in [1.165, 1.54) is 6.20 Å². The van der Waals surface area contributed by atoms with Gasteiger partial charge in [0.05, 0.1) is 5.56 Å². The Kier molecular flexibility index (Phi) is 2.91. The second-order valence-electron chi connectivity index (χ2n) is 4.54. The molecule has 0 atom stereocenters. The molecule has 4 heteroatoms. The average Bonchev–Trinajstić information content (AvgIpc) is 2.84. The Labute approximate surface area is 115 Å². The molecule has 0 saturated heterocycles. The van der Waals surface area contributed by atoms with Gasteiger partial charge in [-0.2, -0.15) is 0 Å². The van der Waals surface area contributed by atoms with Gasteiger partial charge in [-0.15, -0.1) is 0 Å². The van der Waals surface area contributed by atoms with Crippen LogP contribution in [-0.4, -0.2) is 21.1 Å². The third kappa shape index (κ3) is 1.91. The van der Waals surface area contributed by atoms with Crippen LogP contribution in [0.2, 0.25) is 0 Å². The highest BCUT2D eigenvalue weighted by molar-refractivity contribution is 6.50. The Morgan fingerprint density at radius 3 is 2.50 bits per heavy atom. The minimum absolute atomic E-state index is 0.172. The van der Waals surface area contributed by atoms with Gasteiger partial charge in [-0.1, -0.05) is 24.3 Å². The summed E-state index contributed by atoms with van der Waals surface area (Å²) in [5, 5.41) is 0.782. The number of Topliss-reactive ketones (excluding diaryl/α,β-unsaturated/α-hetero) is 2. The van der Waals surface area contributed by atoms with Crippen molar-refractivity contribution in [2.45, 2.75) is 0 Å². The van der Waals surface area contributed by atoms with E-state index in [0.29, 0.717) is 5.56 Å². The number of benzene rings is 1. The summed E-state index contributed by atoms with van der Waals surface area (Å²) in [7, 11) is 1.85. The van der Waals surface area contributed by atoms with Gasteiger partial charge in [0.2, 0.25) is 5.78 Å². The van der Waals surface area contributed by atoms with Crippen LogP contribution in [0.4, 0.5) is 0 Å². The second kappa shape index (κ2) is 4.74. The van der Waals surface area contributed by atoms with E-state index in [1.54, 1.807) is 24.4 Å². The van der Waals surface area contributed by atoms with Gasteiger partial charge in [-0.3, -0.25) is 14.6 Å². The largest absolute Gasteiger partial charge is 0.350 e. The SMILES string of the molecule is Cn1cc(C(=O)C(=O)c2ccccn2)c2ccccc21. The highest BCUT2D eigenvalue weighted by Crippen LogP contribution is 2.21. The molecule has 3 aromatic rings. The maximum Gasteiger partial charge on any atom is 0.251 e. The zero-order valence-electron chi connectivity index (χ0n) is 10.9. The quantitative estimate of drug-likeness (QED) is 0.539. The highest BCUT2D eigenvalue weighted by atomic mass is 16.2. The van der Waals surface area contributed by atoms with Gasteiger partial charge in [-0.25, -0.2) is 0 Å². The molecule has 3 rings (SSSR count). The number of hydrogen-bond donors (Lipinski definition) is 0. The van der Waals surface area contributed by atoms with Crippen molar-refractivity contribution in [3.05, 3.63) is 66.1 Å². The molecule has 4 nitrogen and oxygen atoms in total. The van der Waals surface area contributed by atoms with E-state index in [-0.39, 0.29) is 5.69 Å². The number of nitrogens with zero attached hydrogens (tertiary/aromatic N) is 2. The van der Waals surface area contributed by atoms with E-state index >= 15 is 0 Å². The van der Waals surface area contributed by atoms with Crippen LogP contribution in [0, 0.1) is 0 Å². The molecule has 0 saturated carbocycles. The summed E-state index contributed by atoms with van der Waals surface area (Å²) in [6, 6.07) is 12.5. The first-order chi connectivity index (χ1) is 9.68. The monoisotopic (exact) mass is 264 g/mol. The van der Waals surface area contributed by atoms with Crippen molar-refractivity contribution < 1.29 is 9.59 Å². The third-order valence-corrected chi connectivity index (χ3v) is 3.25. The summed E-state index contributed by atoms with van der Waals surface area (Å²) in [5.74, 6) is -1.11. The van der Waals surface area contributed by atoms with Crippen molar-refractivity contribution in [1.29, 1.82) is 0 Å². The molecule has 0 N–H and O–H groups in total. The normalized spacial score (nSPS) is 10.7. The number of aryl methyl sites for hydroxylation is 1. The number of fused-ring (bicyclic) bond motifs is 1. The Bertz CT molecular complexity index is 804. The molecule has 0 aliphatic rings. The van der Waals surface area contributed by atoms with Gasteiger partial charge in [-0.05, 0) is 18.2 Å². The molecule has 2 aromatic heterocycles. The van der Waals surface area contributed by atoms with Gasteiger partial charge < -0.3 is 4.57 Å². The van der Waals surface area contributed by atoms with Crippen molar-refractivity contribution in [2.24, 2.45) is 7.05 Å². The van der Waals surface area contributed by atoms with E-state index in [0.717, 1.165) is 10.9 Å². The second-order valence-corrected chi connectivity index (χ2v) is 4.54. The zero-order chi connectivity index (χ0) is 14.1. The van der Waals surface area contributed by atoms with Crippen LogP contribution >= 0.6 is 0 Å². The lowest BCUT2D eigenvalue weighted by atomic mass is 10.0. The smallest absolute Gasteiger partial charge is 0.251 e. The Balaban J connectivity index is 2.08. The maximum atomic E-state index is 12.4. The topological polar surface area (TPSA) is 52.0 Å². The van der Waals surface area contributed by atoms with Crippen LogP contribution in [-0.2, 0) is 7.05 Å². The fourth-order valence-corrected chi connectivity index (χ4v) is 2.26. The van der Waals surface area contributed by atoms with Crippen molar-refractivity contribution in [3.8, 4) is 0 Å². The van der Waals surface area contributed by atoms with Crippen LogP contribution in [0.3, 0.4) is 0 Å². The molecule has 1 aromatic carbocycles. The van der Waals surface area contributed by atoms with Crippen molar-refractivity contribution in [3.63, 3.8) is 0 Å². The summed E-state index contributed by atoms with van der Waals surface area (Å²) in [5.41, 5.74) is 1.51. The summed E-state index contributed by atoms with van der Waals surface area (Å²) in [6.07, 6.45) is 3.19. The van der Waals surface area contributed by atoms with Gasteiger partial charge in [0, 0.05) is 30.3 Å². The molecule has 0 spiro atoms. The lowest BCUT2D eigenvalue weighted by Crippen LogP contribution is -2.15. The fraction of sp³-hybridized carbons (Fsp3) is 0.0625. The van der Waals surface area contributed by atoms with Gasteiger partial charge in [0.25, 0.3) is 5.78 Å². The van der Waals surface area contributed by atoms with Crippen LogP contribution < -0.4 is 0 Å². The average molecular weight is 264 g/mol. The molecular formula is C16H12N2O2. The number of rotatable bonds is 3. The predicted molar refractivity (Wildman–Crippen MR) is 75.8 cm³/mol. The predicted octanol–water partition coefficient (Wildman–Crippen LogP) is 2.64. The molecule has 0 amide bonds. The molecule has 0 aliphatic heterocycles. The van der Waals surface area contributed by atoms with Gasteiger partial charge in [0.1, 0.15) is 5.69 Å². The lowest BCUT2D eigenvalue weighted by Gasteiger charge is -1.98. The van der Waals surface area contributed by atoms with E-state index in [4.69, 9.17) is 0 Å². The van der Waals surface area contributed by atoms with E-state index in [2.05, 4.69) is 4.98 Å². The van der Waals surface area contributed by atoms with E-state index in [1.807, 2.05) is 35.9 Å². The number of para-hydroxylation sites is 1.